The van der Waals surface area contributed by atoms with Crippen LogP contribution in [0.3, 0.4) is 0 Å². The first-order chi connectivity index (χ1) is 8.77. The maximum Gasteiger partial charge on any atom is 0.169 e. The van der Waals surface area contributed by atoms with Gasteiger partial charge in [0.1, 0.15) is 0 Å². The Morgan fingerprint density at radius 1 is 1.28 bits per heavy atom. The number of para-hydroxylation sites is 1. The highest BCUT2D eigenvalue weighted by Crippen LogP contribution is 2.24. The van der Waals surface area contributed by atoms with Crippen molar-refractivity contribution in [2.45, 2.75) is 6.92 Å². The van der Waals surface area contributed by atoms with E-state index in [1.54, 1.807) is 6.20 Å². The molecule has 3 nitrogen and oxygen atoms in total. The van der Waals surface area contributed by atoms with Crippen LogP contribution in [0, 0.1) is 11.8 Å². The first-order valence-corrected chi connectivity index (χ1v) is 6.36. The van der Waals surface area contributed by atoms with Crippen LogP contribution >= 0.6 is 0 Å². The van der Waals surface area contributed by atoms with Gasteiger partial charge in [0.15, 0.2) is 5.78 Å². The second-order valence-electron chi connectivity index (χ2n) is 4.99. The third-order valence-corrected chi connectivity index (χ3v) is 3.75. The van der Waals surface area contributed by atoms with E-state index >= 15 is 0 Å². The number of pyridine rings is 1. The summed E-state index contributed by atoms with van der Waals surface area (Å²) in [5.41, 5.74) is 1.58. The molecule has 1 N–H and O–H groups in total. The Kier molecular flexibility index (Phi) is 2.84. The van der Waals surface area contributed by atoms with E-state index in [1.807, 2.05) is 30.3 Å². The summed E-state index contributed by atoms with van der Waals surface area (Å²) in [6.07, 6.45) is 1.75. The fraction of sp³-hybridized carbons (Fsp3) is 0.333. The summed E-state index contributed by atoms with van der Waals surface area (Å²) in [5, 5.41) is 4.31. The van der Waals surface area contributed by atoms with Crippen molar-refractivity contribution >= 4 is 16.7 Å². The van der Waals surface area contributed by atoms with Gasteiger partial charge in [-0.25, -0.2) is 0 Å². The van der Waals surface area contributed by atoms with Gasteiger partial charge >= 0.3 is 0 Å². The maximum absolute atomic E-state index is 12.6. The molecular formula is C15H16N2O. The molecule has 1 saturated heterocycles. The van der Waals surface area contributed by atoms with Gasteiger partial charge in [-0.05, 0) is 24.6 Å². The number of nitrogens with one attached hydrogen (secondary N) is 1. The van der Waals surface area contributed by atoms with Gasteiger partial charge in [-0.1, -0.05) is 25.1 Å². The Bertz CT molecular complexity index is 589. The quantitative estimate of drug-likeness (QED) is 0.819. The smallest absolute Gasteiger partial charge is 0.169 e. The highest BCUT2D eigenvalue weighted by atomic mass is 16.1. The van der Waals surface area contributed by atoms with E-state index in [9.17, 15) is 4.79 Å². The van der Waals surface area contributed by atoms with E-state index < -0.39 is 0 Å². The van der Waals surface area contributed by atoms with Crippen LogP contribution in [0.15, 0.2) is 36.5 Å². The topological polar surface area (TPSA) is 42.0 Å². The molecule has 1 aromatic carbocycles. The number of aromatic nitrogens is 1. The highest BCUT2D eigenvalue weighted by molar-refractivity contribution is 6.08. The summed E-state index contributed by atoms with van der Waals surface area (Å²) >= 11 is 0. The number of rotatable bonds is 2. The maximum atomic E-state index is 12.6. The summed E-state index contributed by atoms with van der Waals surface area (Å²) in [4.78, 5) is 16.9. The molecule has 0 bridgehead atoms. The number of Topliss-reactive ketones (excluding diaryl/α,β-unsaturated/α-hetero) is 1. The number of benzene rings is 1. The van der Waals surface area contributed by atoms with Gasteiger partial charge in [0, 0.05) is 29.6 Å². The van der Waals surface area contributed by atoms with Crippen molar-refractivity contribution in [3.8, 4) is 0 Å². The molecule has 1 aliphatic heterocycles. The predicted molar refractivity (Wildman–Crippen MR) is 71.6 cm³/mol. The first kappa shape index (κ1) is 11.4. The molecule has 0 radical (unpaired) electrons. The van der Waals surface area contributed by atoms with Gasteiger partial charge in [-0.15, -0.1) is 0 Å². The Labute approximate surface area is 106 Å². The number of hydrogen-bond acceptors (Lipinski definition) is 3. The van der Waals surface area contributed by atoms with E-state index in [2.05, 4.69) is 17.2 Å². The third-order valence-electron chi connectivity index (χ3n) is 3.75. The summed E-state index contributed by atoms with van der Waals surface area (Å²) < 4.78 is 0. The molecule has 18 heavy (non-hydrogen) atoms. The van der Waals surface area contributed by atoms with Gasteiger partial charge in [0.2, 0.25) is 0 Å². The molecule has 1 aromatic heterocycles. The number of nitrogens with zero attached hydrogens (tertiary/aromatic N) is 1. The van der Waals surface area contributed by atoms with Gasteiger partial charge in [-0.2, -0.15) is 0 Å². The molecule has 2 heterocycles. The Morgan fingerprint density at radius 3 is 2.89 bits per heavy atom. The van der Waals surface area contributed by atoms with Crippen LogP contribution in [0.1, 0.15) is 17.3 Å². The summed E-state index contributed by atoms with van der Waals surface area (Å²) in [7, 11) is 0. The summed E-state index contributed by atoms with van der Waals surface area (Å²) in [6, 6.07) is 9.72. The van der Waals surface area contributed by atoms with Crippen molar-refractivity contribution < 1.29 is 4.79 Å². The van der Waals surface area contributed by atoms with E-state index in [1.165, 1.54) is 0 Å². The molecule has 0 saturated carbocycles. The Hall–Kier alpha value is -1.74. The van der Waals surface area contributed by atoms with Crippen LogP contribution in [0.4, 0.5) is 0 Å². The molecule has 92 valence electrons. The standard InChI is InChI=1S/C15H16N2O/c1-10-8-16-9-13(10)15(18)12-6-2-4-11-5-3-7-17-14(11)12/h2-7,10,13,16H,8-9H2,1H3. The molecule has 3 rings (SSSR count). The zero-order chi connectivity index (χ0) is 12.5. The number of carbonyl (C=O) groups excluding carboxylic acids is 1. The lowest BCUT2D eigenvalue weighted by molar-refractivity contribution is 0.0909. The lowest BCUT2D eigenvalue weighted by Crippen LogP contribution is -2.21. The number of fused-ring (bicyclic) bond motifs is 1. The lowest BCUT2D eigenvalue weighted by atomic mass is 9.89. The van der Waals surface area contributed by atoms with E-state index in [0.29, 0.717) is 5.92 Å². The molecule has 2 aromatic rings. The number of ketones is 1. The SMILES string of the molecule is CC1CNCC1C(=O)c1cccc2cccnc12. The van der Waals surface area contributed by atoms with Crippen molar-refractivity contribution in [3.63, 3.8) is 0 Å². The molecule has 0 spiro atoms. The molecule has 0 amide bonds. The van der Waals surface area contributed by atoms with E-state index in [0.717, 1.165) is 29.6 Å². The first-order valence-electron chi connectivity index (χ1n) is 6.36. The largest absolute Gasteiger partial charge is 0.316 e. The summed E-state index contributed by atoms with van der Waals surface area (Å²) in [6.45, 7) is 3.83. The van der Waals surface area contributed by atoms with Crippen molar-refractivity contribution in [1.29, 1.82) is 0 Å². The van der Waals surface area contributed by atoms with Crippen molar-refractivity contribution in [3.05, 3.63) is 42.1 Å². The van der Waals surface area contributed by atoms with Crippen LogP contribution in [0.25, 0.3) is 10.9 Å². The second-order valence-corrected chi connectivity index (χ2v) is 4.99. The molecule has 2 atom stereocenters. The van der Waals surface area contributed by atoms with Crippen LogP contribution in [0.2, 0.25) is 0 Å². The molecule has 3 heteroatoms. The number of carbonyl (C=O) groups is 1. The van der Waals surface area contributed by atoms with Crippen LogP contribution in [0.5, 0.6) is 0 Å². The minimum atomic E-state index is 0.0811. The predicted octanol–water partition coefficient (Wildman–Crippen LogP) is 2.27. The second kappa shape index (κ2) is 4.50. The van der Waals surface area contributed by atoms with E-state index in [-0.39, 0.29) is 11.7 Å². The minimum absolute atomic E-state index is 0.0811. The Balaban J connectivity index is 2.06. The summed E-state index contributed by atoms with van der Waals surface area (Å²) in [5.74, 6) is 0.700. The molecular weight excluding hydrogens is 224 g/mol. The average molecular weight is 240 g/mol. The zero-order valence-corrected chi connectivity index (χ0v) is 10.4. The van der Waals surface area contributed by atoms with E-state index in [4.69, 9.17) is 0 Å². The highest BCUT2D eigenvalue weighted by Gasteiger charge is 2.31. The van der Waals surface area contributed by atoms with Gasteiger partial charge in [0.05, 0.1) is 5.52 Å². The molecule has 1 fully saturated rings. The van der Waals surface area contributed by atoms with Crippen molar-refractivity contribution in [2.24, 2.45) is 11.8 Å². The van der Waals surface area contributed by atoms with Crippen molar-refractivity contribution in [2.75, 3.05) is 13.1 Å². The fourth-order valence-corrected chi connectivity index (χ4v) is 2.66. The molecule has 2 unspecified atom stereocenters. The number of hydrogen-bond donors (Lipinski definition) is 1. The Morgan fingerprint density at radius 2 is 2.11 bits per heavy atom. The normalized spacial score (nSPS) is 23.4. The van der Waals surface area contributed by atoms with Gasteiger partial charge in [-0.3, -0.25) is 9.78 Å². The van der Waals surface area contributed by atoms with Crippen LogP contribution < -0.4 is 5.32 Å². The van der Waals surface area contributed by atoms with Crippen LogP contribution in [-0.4, -0.2) is 23.9 Å². The molecule has 1 aliphatic rings. The lowest BCUT2D eigenvalue weighted by Gasteiger charge is -2.13. The van der Waals surface area contributed by atoms with Gasteiger partial charge < -0.3 is 5.32 Å². The van der Waals surface area contributed by atoms with Crippen LogP contribution in [-0.2, 0) is 0 Å². The average Bonchev–Trinajstić information content (AvgIpc) is 2.83. The third kappa shape index (κ3) is 1.81. The fourth-order valence-electron chi connectivity index (χ4n) is 2.66. The zero-order valence-electron chi connectivity index (χ0n) is 10.4. The minimum Gasteiger partial charge on any atom is -0.316 e. The molecule has 0 aliphatic carbocycles. The monoisotopic (exact) mass is 240 g/mol. The van der Waals surface area contributed by atoms with Crippen molar-refractivity contribution in [1.82, 2.24) is 10.3 Å². The van der Waals surface area contributed by atoms with Gasteiger partial charge in [0.25, 0.3) is 0 Å².